The zero-order valence-electron chi connectivity index (χ0n) is 13.0. The number of esters is 3. The number of benzene rings is 1. The Morgan fingerprint density at radius 1 is 1.17 bits per heavy atom. The van der Waals surface area contributed by atoms with Gasteiger partial charge in [0.2, 0.25) is 0 Å². The molecule has 0 saturated carbocycles. The van der Waals surface area contributed by atoms with Crippen molar-refractivity contribution in [2.45, 2.75) is 19.4 Å². The second-order valence-electron chi connectivity index (χ2n) is 4.48. The average molecular weight is 338 g/mol. The monoisotopic (exact) mass is 338 g/mol. The van der Waals surface area contributed by atoms with Crippen molar-refractivity contribution in [1.82, 2.24) is 0 Å². The predicted octanol–water partition coefficient (Wildman–Crippen LogP) is 0.711. The Labute approximate surface area is 138 Å². The summed E-state index contributed by atoms with van der Waals surface area (Å²) >= 11 is 0. The molecule has 1 atom stereocenters. The lowest BCUT2D eigenvalue weighted by molar-refractivity contribution is -0.147. The second-order valence-corrected chi connectivity index (χ2v) is 4.48. The number of carbonyl (C=O) groups is 3. The molecule has 1 rings (SSSR count). The van der Waals surface area contributed by atoms with Gasteiger partial charge in [0.1, 0.15) is 11.5 Å². The third kappa shape index (κ3) is 7.41. The summed E-state index contributed by atoms with van der Waals surface area (Å²) in [6.45, 7) is 1.56. The van der Waals surface area contributed by atoms with E-state index in [-0.39, 0.29) is 31.1 Å². The maximum Gasteiger partial charge on any atom is 0.340 e. The van der Waals surface area contributed by atoms with Crippen LogP contribution in [0.15, 0.2) is 36.4 Å². The first-order chi connectivity index (χ1) is 11.4. The lowest BCUT2D eigenvalue weighted by Crippen LogP contribution is -2.27. The molecule has 0 aromatic heterocycles. The zero-order valence-corrected chi connectivity index (χ0v) is 13.0. The van der Waals surface area contributed by atoms with Crippen LogP contribution in [-0.2, 0) is 23.9 Å². The van der Waals surface area contributed by atoms with Crippen LogP contribution in [0.25, 0.3) is 0 Å². The van der Waals surface area contributed by atoms with E-state index in [2.05, 4.69) is 4.74 Å². The Morgan fingerprint density at radius 3 is 2.46 bits per heavy atom. The zero-order chi connectivity index (χ0) is 17.9. The number of rotatable bonds is 8. The van der Waals surface area contributed by atoms with Gasteiger partial charge < -0.3 is 24.4 Å². The molecule has 1 aromatic rings. The fourth-order valence-electron chi connectivity index (χ4n) is 1.49. The van der Waals surface area contributed by atoms with E-state index in [1.807, 2.05) is 0 Å². The SMILES string of the molecule is CCOC(=O)C=CC(=O)OCCC(O)C(=O)Oc1cccc(O)c1. The summed E-state index contributed by atoms with van der Waals surface area (Å²) in [4.78, 5) is 33.9. The number of aliphatic hydroxyl groups is 1. The quantitative estimate of drug-likeness (QED) is 0.404. The number of phenols is 1. The van der Waals surface area contributed by atoms with E-state index in [4.69, 9.17) is 9.47 Å². The van der Waals surface area contributed by atoms with Gasteiger partial charge in [-0.2, -0.15) is 0 Å². The molecule has 0 heterocycles. The summed E-state index contributed by atoms with van der Waals surface area (Å²) in [5.41, 5.74) is 0. The van der Waals surface area contributed by atoms with Crippen molar-refractivity contribution in [2.24, 2.45) is 0 Å². The van der Waals surface area contributed by atoms with E-state index in [0.717, 1.165) is 12.2 Å². The largest absolute Gasteiger partial charge is 0.508 e. The highest BCUT2D eigenvalue weighted by atomic mass is 16.6. The van der Waals surface area contributed by atoms with Crippen LogP contribution in [-0.4, -0.2) is 47.4 Å². The number of hydrogen-bond donors (Lipinski definition) is 2. The molecule has 0 radical (unpaired) electrons. The second kappa shape index (κ2) is 10.0. The van der Waals surface area contributed by atoms with Crippen LogP contribution < -0.4 is 4.74 Å². The molecule has 1 unspecified atom stereocenters. The van der Waals surface area contributed by atoms with Crippen LogP contribution in [0.4, 0.5) is 0 Å². The predicted molar refractivity (Wildman–Crippen MR) is 81.1 cm³/mol. The number of ether oxygens (including phenoxy) is 3. The standard InChI is InChI=1S/C16H18O8/c1-2-22-14(19)6-7-15(20)23-9-8-13(18)16(21)24-12-5-3-4-11(17)10-12/h3-7,10,13,17-18H,2,8-9H2,1H3. The lowest BCUT2D eigenvalue weighted by atomic mass is 10.2. The number of hydrogen-bond acceptors (Lipinski definition) is 8. The molecule has 1 aromatic carbocycles. The fourth-order valence-corrected chi connectivity index (χ4v) is 1.49. The van der Waals surface area contributed by atoms with E-state index in [0.29, 0.717) is 0 Å². The van der Waals surface area contributed by atoms with Crippen molar-refractivity contribution in [3.05, 3.63) is 36.4 Å². The summed E-state index contributed by atoms with van der Waals surface area (Å²) in [5.74, 6) is -2.44. The molecule has 0 aliphatic rings. The highest BCUT2D eigenvalue weighted by Crippen LogP contribution is 2.18. The van der Waals surface area contributed by atoms with Crippen LogP contribution in [0.2, 0.25) is 0 Å². The Bertz CT molecular complexity index is 608. The highest BCUT2D eigenvalue weighted by Gasteiger charge is 2.18. The minimum atomic E-state index is -1.51. The van der Waals surface area contributed by atoms with Crippen LogP contribution in [0, 0.1) is 0 Å². The lowest BCUT2D eigenvalue weighted by Gasteiger charge is -2.10. The molecule has 130 valence electrons. The Morgan fingerprint density at radius 2 is 1.83 bits per heavy atom. The van der Waals surface area contributed by atoms with E-state index in [9.17, 15) is 24.6 Å². The molecular weight excluding hydrogens is 320 g/mol. The highest BCUT2D eigenvalue weighted by molar-refractivity contribution is 5.91. The van der Waals surface area contributed by atoms with Gasteiger partial charge in [0.15, 0.2) is 6.10 Å². The summed E-state index contributed by atoms with van der Waals surface area (Å²) < 4.78 is 14.2. The van der Waals surface area contributed by atoms with Gasteiger partial charge in [0.05, 0.1) is 13.2 Å². The number of aliphatic hydroxyl groups excluding tert-OH is 1. The van der Waals surface area contributed by atoms with Crippen molar-refractivity contribution in [1.29, 1.82) is 0 Å². The molecule has 0 saturated heterocycles. The smallest absolute Gasteiger partial charge is 0.340 e. The molecule has 0 bridgehead atoms. The molecule has 0 spiro atoms. The Balaban J connectivity index is 2.32. The van der Waals surface area contributed by atoms with Crippen LogP contribution in [0.5, 0.6) is 11.5 Å². The molecule has 8 nitrogen and oxygen atoms in total. The number of phenolic OH excluding ortho intramolecular Hbond substituents is 1. The topological polar surface area (TPSA) is 119 Å². The molecule has 2 N–H and O–H groups in total. The van der Waals surface area contributed by atoms with Gasteiger partial charge in [-0.1, -0.05) is 6.07 Å². The molecule has 0 fully saturated rings. The van der Waals surface area contributed by atoms with Crippen molar-refractivity contribution in [3.63, 3.8) is 0 Å². The van der Waals surface area contributed by atoms with Gasteiger partial charge >= 0.3 is 17.9 Å². The number of carbonyl (C=O) groups excluding carboxylic acids is 3. The van der Waals surface area contributed by atoms with Crippen LogP contribution >= 0.6 is 0 Å². The summed E-state index contributed by atoms with van der Waals surface area (Å²) in [5, 5.41) is 18.9. The van der Waals surface area contributed by atoms with Gasteiger partial charge in [-0.15, -0.1) is 0 Å². The van der Waals surface area contributed by atoms with Gasteiger partial charge in [-0.05, 0) is 19.1 Å². The number of aromatic hydroxyl groups is 1. The van der Waals surface area contributed by atoms with Crippen molar-refractivity contribution >= 4 is 17.9 Å². The molecule has 0 amide bonds. The first-order valence-corrected chi connectivity index (χ1v) is 7.12. The summed E-state index contributed by atoms with van der Waals surface area (Å²) in [7, 11) is 0. The average Bonchev–Trinajstić information content (AvgIpc) is 2.53. The van der Waals surface area contributed by atoms with Gasteiger partial charge in [0.25, 0.3) is 0 Å². The summed E-state index contributed by atoms with van der Waals surface area (Å²) in [6.07, 6.45) is 0.110. The first kappa shape index (κ1) is 19.2. The van der Waals surface area contributed by atoms with Crippen molar-refractivity contribution in [3.8, 4) is 11.5 Å². The van der Waals surface area contributed by atoms with Crippen LogP contribution in [0.3, 0.4) is 0 Å². The maximum absolute atomic E-state index is 11.6. The van der Waals surface area contributed by atoms with Gasteiger partial charge in [-0.3, -0.25) is 0 Å². The fraction of sp³-hybridized carbons (Fsp3) is 0.312. The molecular formula is C16H18O8. The third-order valence-corrected chi connectivity index (χ3v) is 2.59. The summed E-state index contributed by atoms with van der Waals surface area (Å²) in [6, 6.07) is 5.52. The van der Waals surface area contributed by atoms with E-state index >= 15 is 0 Å². The normalized spacial score (nSPS) is 11.8. The van der Waals surface area contributed by atoms with Gasteiger partial charge in [-0.25, -0.2) is 14.4 Å². The Kier molecular flexibility index (Phi) is 8.00. The van der Waals surface area contributed by atoms with E-state index in [1.54, 1.807) is 6.92 Å². The minimum absolute atomic E-state index is 0.0772. The molecule has 8 heteroatoms. The van der Waals surface area contributed by atoms with Crippen molar-refractivity contribution < 1.29 is 38.8 Å². The minimum Gasteiger partial charge on any atom is -0.508 e. The third-order valence-electron chi connectivity index (χ3n) is 2.59. The molecule has 24 heavy (non-hydrogen) atoms. The molecule has 0 aliphatic carbocycles. The van der Waals surface area contributed by atoms with E-state index < -0.39 is 24.0 Å². The van der Waals surface area contributed by atoms with Crippen LogP contribution in [0.1, 0.15) is 13.3 Å². The first-order valence-electron chi connectivity index (χ1n) is 7.12. The Hall–Kier alpha value is -2.87. The van der Waals surface area contributed by atoms with E-state index in [1.165, 1.54) is 24.3 Å². The maximum atomic E-state index is 11.6. The van der Waals surface area contributed by atoms with Crippen molar-refractivity contribution in [2.75, 3.05) is 13.2 Å². The molecule has 0 aliphatic heterocycles. The van der Waals surface area contributed by atoms with Gasteiger partial charge in [0, 0.05) is 24.6 Å².